The quantitative estimate of drug-likeness (QED) is 0.518. The topological polar surface area (TPSA) is 0 Å². The predicted molar refractivity (Wildman–Crippen MR) is 101 cm³/mol. The van der Waals surface area contributed by atoms with Gasteiger partial charge in [-0.15, -0.1) is 0 Å². The fraction of sp³-hybridized carbons (Fsp3) is 0.652. The molecule has 0 spiro atoms. The molecule has 1 aromatic carbocycles. The maximum atomic E-state index is 12.4. The highest BCUT2D eigenvalue weighted by Crippen LogP contribution is 2.44. The first-order valence-corrected chi connectivity index (χ1v) is 10.3. The second-order valence-corrected chi connectivity index (χ2v) is 8.23. The molecule has 2 fully saturated rings. The van der Waals surface area contributed by atoms with Crippen LogP contribution in [0.1, 0.15) is 81.8 Å². The average Bonchev–Trinajstić information content (AvgIpc) is 2.63. The van der Waals surface area contributed by atoms with Gasteiger partial charge in [-0.05, 0) is 98.7 Å². The number of halogens is 2. The van der Waals surface area contributed by atoms with Gasteiger partial charge in [0.15, 0.2) is 0 Å². The Balaban J connectivity index is 1.46. The minimum atomic E-state index is -1.49. The molecule has 2 heteroatoms. The molecule has 0 aromatic heterocycles. The van der Waals surface area contributed by atoms with E-state index in [9.17, 15) is 8.78 Å². The summed E-state index contributed by atoms with van der Waals surface area (Å²) in [5, 5.41) is 0. The first-order valence-electron chi connectivity index (χ1n) is 10.3. The van der Waals surface area contributed by atoms with E-state index in [0.29, 0.717) is 0 Å². The fourth-order valence-corrected chi connectivity index (χ4v) is 5.13. The van der Waals surface area contributed by atoms with Gasteiger partial charge in [0.05, 0.1) is 0 Å². The van der Waals surface area contributed by atoms with Crippen LogP contribution in [0.15, 0.2) is 36.4 Å². The van der Waals surface area contributed by atoms with Crippen molar-refractivity contribution in [1.29, 1.82) is 0 Å². The Labute approximate surface area is 151 Å². The van der Waals surface area contributed by atoms with Gasteiger partial charge in [0, 0.05) is 0 Å². The molecule has 0 heterocycles. The summed E-state index contributed by atoms with van der Waals surface area (Å²) in [4.78, 5) is 0. The average molecular weight is 347 g/mol. The molecule has 138 valence electrons. The Bertz CT molecular complexity index is 540. The van der Waals surface area contributed by atoms with Crippen LogP contribution >= 0.6 is 0 Å². The third-order valence-corrected chi connectivity index (χ3v) is 6.61. The van der Waals surface area contributed by atoms with Crippen LogP contribution in [0.2, 0.25) is 0 Å². The predicted octanol–water partition coefficient (Wildman–Crippen LogP) is 7.50. The van der Waals surface area contributed by atoms with Crippen molar-refractivity contribution in [2.24, 2.45) is 17.8 Å². The SMILES string of the molecule is CCCc1ccc([C@H]2CC[C@H]([C@H]3CC[C@H](C=C(F)F)CC3)CC2)cc1. The molecule has 0 radical (unpaired) electrons. The zero-order valence-electron chi connectivity index (χ0n) is 15.5. The zero-order valence-corrected chi connectivity index (χ0v) is 15.5. The third kappa shape index (κ3) is 5.15. The van der Waals surface area contributed by atoms with Crippen LogP contribution < -0.4 is 0 Å². The van der Waals surface area contributed by atoms with E-state index in [4.69, 9.17) is 0 Å². The number of allylic oxidation sites excluding steroid dienone is 1. The van der Waals surface area contributed by atoms with E-state index in [1.54, 1.807) is 0 Å². The fourth-order valence-electron chi connectivity index (χ4n) is 5.13. The molecule has 2 aliphatic rings. The summed E-state index contributed by atoms with van der Waals surface area (Å²) in [5.74, 6) is 2.46. The Morgan fingerprint density at radius 3 is 1.96 bits per heavy atom. The highest BCUT2D eigenvalue weighted by Gasteiger charge is 2.31. The van der Waals surface area contributed by atoms with Crippen LogP contribution in [0.25, 0.3) is 0 Å². The van der Waals surface area contributed by atoms with Gasteiger partial charge in [0.1, 0.15) is 0 Å². The van der Waals surface area contributed by atoms with Gasteiger partial charge in [-0.2, -0.15) is 8.78 Å². The van der Waals surface area contributed by atoms with Crippen LogP contribution in [0.3, 0.4) is 0 Å². The lowest BCUT2D eigenvalue weighted by Crippen LogP contribution is -2.25. The molecular formula is C23H32F2. The van der Waals surface area contributed by atoms with Gasteiger partial charge in [-0.3, -0.25) is 0 Å². The molecule has 0 unspecified atom stereocenters. The molecule has 0 amide bonds. The van der Waals surface area contributed by atoms with E-state index in [0.717, 1.165) is 43.4 Å². The second-order valence-electron chi connectivity index (χ2n) is 8.23. The highest BCUT2D eigenvalue weighted by atomic mass is 19.3. The Hall–Kier alpha value is -1.18. The lowest BCUT2D eigenvalue weighted by atomic mass is 9.68. The van der Waals surface area contributed by atoms with E-state index < -0.39 is 6.08 Å². The van der Waals surface area contributed by atoms with Crippen molar-refractivity contribution in [2.75, 3.05) is 0 Å². The molecule has 2 aliphatic carbocycles. The minimum Gasteiger partial charge on any atom is -0.174 e. The maximum absolute atomic E-state index is 12.4. The summed E-state index contributed by atoms with van der Waals surface area (Å²) in [5.41, 5.74) is 2.97. The summed E-state index contributed by atoms with van der Waals surface area (Å²) in [6, 6.07) is 9.31. The minimum absolute atomic E-state index is 0.124. The number of hydrogen-bond acceptors (Lipinski definition) is 0. The summed E-state index contributed by atoms with van der Waals surface area (Å²) in [6.07, 6.45) is 11.6. The Kier molecular flexibility index (Phi) is 6.67. The van der Waals surface area contributed by atoms with Gasteiger partial charge >= 0.3 is 0 Å². The largest absolute Gasteiger partial charge is 0.266 e. The van der Waals surface area contributed by atoms with E-state index in [1.807, 2.05) is 0 Å². The molecule has 3 rings (SSSR count). The monoisotopic (exact) mass is 346 g/mol. The van der Waals surface area contributed by atoms with Crippen LogP contribution in [-0.2, 0) is 6.42 Å². The van der Waals surface area contributed by atoms with E-state index in [-0.39, 0.29) is 5.92 Å². The normalized spacial score (nSPS) is 30.0. The van der Waals surface area contributed by atoms with Crippen molar-refractivity contribution in [2.45, 2.75) is 77.0 Å². The van der Waals surface area contributed by atoms with Gasteiger partial charge in [0.25, 0.3) is 6.08 Å². The van der Waals surface area contributed by atoms with Crippen molar-refractivity contribution in [3.05, 3.63) is 47.5 Å². The van der Waals surface area contributed by atoms with Gasteiger partial charge < -0.3 is 0 Å². The number of hydrogen-bond donors (Lipinski definition) is 0. The molecule has 0 saturated heterocycles. The van der Waals surface area contributed by atoms with Gasteiger partial charge in [-0.1, -0.05) is 37.6 Å². The molecule has 25 heavy (non-hydrogen) atoms. The Morgan fingerprint density at radius 2 is 1.44 bits per heavy atom. The Morgan fingerprint density at radius 1 is 0.880 bits per heavy atom. The summed E-state index contributed by atoms with van der Waals surface area (Å²) >= 11 is 0. The number of rotatable bonds is 5. The standard InChI is InChI=1S/C23H32F2/c1-2-3-17-4-8-19(9-5-17)21-12-14-22(15-13-21)20-10-6-18(7-11-20)16-23(24)25/h4-5,8-9,16,18,20-22H,2-3,6-7,10-15H2,1H3/t18-,20-,21-,22-. The van der Waals surface area contributed by atoms with E-state index >= 15 is 0 Å². The molecule has 0 atom stereocenters. The molecule has 0 aliphatic heterocycles. The number of aryl methyl sites for hydroxylation is 1. The molecule has 0 nitrogen and oxygen atoms in total. The van der Waals surface area contributed by atoms with Gasteiger partial charge in [-0.25, -0.2) is 0 Å². The van der Waals surface area contributed by atoms with Crippen LogP contribution in [0, 0.1) is 17.8 Å². The summed E-state index contributed by atoms with van der Waals surface area (Å²) in [6.45, 7) is 2.23. The highest BCUT2D eigenvalue weighted by molar-refractivity contribution is 5.26. The third-order valence-electron chi connectivity index (χ3n) is 6.61. The lowest BCUT2D eigenvalue weighted by Gasteiger charge is -2.37. The second kappa shape index (κ2) is 8.96. The van der Waals surface area contributed by atoms with Crippen molar-refractivity contribution < 1.29 is 8.78 Å². The maximum Gasteiger partial charge on any atom is 0.266 e. The molecule has 0 N–H and O–H groups in total. The van der Waals surface area contributed by atoms with E-state index in [2.05, 4.69) is 31.2 Å². The summed E-state index contributed by atoms with van der Waals surface area (Å²) in [7, 11) is 0. The molecule has 1 aromatic rings. The first-order chi connectivity index (χ1) is 12.2. The van der Waals surface area contributed by atoms with E-state index in [1.165, 1.54) is 55.7 Å². The zero-order chi connectivity index (χ0) is 17.6. The molecular weight excluding hydrogens is 314 g/mol. The van der Waals surface area contributed by atoms with Crippen LogP contribution in [-0.4, -0.2) is 0 Å². The van der Waals surface area contributed by atoms with Crippen molar-refractivity contribution >= 4 is 0 Å². The first kappa shape index (κ1) is 18.6. The molecule has 0 bridgehead atoms. The number of benzene rings is 1. The molecule has 2 saturated carbocycles. The smallest absolute Gasteiger partial charge is 0.174 e. The van der Waals surface area contributed by atoms with Crippen molar-refractivity contribution in [1.82, 2.24) is 0 Å². The van der Waals surface area contributed by atoms with Crippen LogP contribution in [0.4, 0.5) is 8.78 Å². The van der Waals surface area contributed by atoms with Gasteiger partial charge in [0.2, 0.25) is 0 Å². The van der Waals surface area contributed by atoms with Crippen LogP contribution in [0.5, 0.6) is 0 Å². The lowest BCUT2D eigenvalue weighted by molar-refractivity contribution is 0.170. The summed E-state index contributed by atoms with van der Waals surface area (Å²) < 4.78 is 24.8. The van der Waals surface area contributed by atoms with Crippen molar-refractivity contribution in [3.63, 3.8) is 0 Å². The van der Waals surface area contributed by atoms with Crippen molar-refractivity contribution in [3.8, 4) is 0 Å².